The van der Waals surface area contributed by atoms with Gasteiger partial charge in [-0.25, -0.2) is 0 Å². The van der Waals surface area contributed by atoms with Crippen LogP contribution in [-0.4, -0.2) is 24.4 Å². The third-order valence-electron chi connectivity index (χ3n) is 4.80. The summed E-state index contributed by atoms with van der Waals surface area (Å²) in [5.74, 6) is -0.349. The second kappa shape index (κ2) is 11.5. The van der Waals surface area contributed by atoms with Crippen molar-refractivity contribution < 1.29 is 9.59 Å². The fourth-order valence-corrected chi connectivity index (χ4v) is 4.35. The number of benzene rings is 1. The quantitative estimate of drug-likeness (QED) is 0.556. The fraction of sp³-hybridized carbons (Fsp3) is 0.500. The molecule has 2 amide bonds. The summed E-state index contributed by atoms with van der Waals surface area (Å²) in [6.45, 7) is 4.43. The van der Waals surface area contributed by atoms with Crippen LogP contribution in [-0.2, 0) is 16.0 Å². The lowest BCUT2D eigenvalue weighted by atomic mass is 9.96. The molecule has 150 valence electrons. The summed E-state index contributed by atoms with van der Waals surface area (Å²) in [5, 5.41) is 17.7. The van der Waals surface area contributed by atoms with Crippen LogP contribution in [0.1, 0.15) is 51.5 Å². The first kappa shape index (κ1) is 21.9. The highest BCUT2D eigenvalue weighted by molar-refractivity contribution is 7.17. The maximum absolute atomic E-state index is 12.8. The molecule has 0 bridgehead atoms. The van der Waals surface area contributed by atoms with Gasteiger partial charge in [-0.15, -0.1) is 11.3 Å². The Kier molecular flexibility index (Phi) is 8.96. The van der Waals surface area contributed by atoms with Crippen LogP contribution in [0.25, 0.3) is 10.1 Å². The standard InChI is InChI=1S/C22H29N3O2S/c1-3-8-16(9-4-2)21(26)25-19(22(27)24-13-7-12-23)14-17-15-28-20-11-6-5-10-18(17)20/h5-6,10-11,15-16,19H,3-4,7-9,13-14H2,1-2H3,(H,24,27)(H,25,26). The highest BCUT2D eigenvalue weighted by atomic mass is 32.1. The topological polar surface area (TPSA) is 82.0 Å². The number of carbonyl (C=O) groups is 2. The van der Waals surface area contributed by atoms with Gasteiger partial charge in [0.2, 0.25) is 11.8 Å². The zero-order chi connectivity index (χ0) is 20.4. The van der Waals surface area contributed by atoms with E-state index in [0.717, 1.165) is 36.6 Å². The fourth-order valence-electron chi connectivity index (χ4n) is 3.38. The molecule has 0 spiro atoms. The number of nitrogens with zero attached hydrogens (tertiary/aromatic N) is 1. The van der Waals surface area contributed by atoms with E-state index in [2.05, 4.69) is 35.9 Å². The molecule has 0 saturated carbocycles. The number of fused-ring (bicyclic) bond motifs is 1. The maximum Gasteiger partial charge on any atom is 0.242 e. The molecule has 1 atom stereocenters. The minimum absolute atomic E-state index is 0.0522. The van der Waals surface area contributed by atoms with E-state index in [-0.39, 0.29) is 24.2 Å². The number of thiophene rings is 1. The largest absolute Gasteiger partial charge is 0.353 e. The highest BCUT2D eigenvalue weighted by Gasteiger charge is 2.25. The number of hydrogen-bond donors (Lipinski definition) is 2. The molecule has 0 aliphatic rings. The van der Waals surface area contributed by atoms with Gasteiger partial charge in [0.25, 0.3) is 0 Å². The number of carbonyl (C=O) groups excluding carboxylic acids is 2. The third-order valence-corrected chi connectivity index (χ3v) is 5.81. The van der Waals surface area contributed by atoms with Gasteiger partial charge in [0.15, 0.2) is 0 Å². The van der Waals surface area contributed by atoms with E-state index in [1.54, 1.807) is 11.3 Å². The van der Waals surface area contributed by atoms with E-state index in [0.29, 0.717) is 13.0 Å². The SMILES string of the molecule is CCCC(CCC)C(=O)NC(Cc1csc2ccccc12)C(=O)NCCC#N. The molecule has 28 heavy (non-hydrogen) atoms. The first-order valence-electron chi connectivity index (χ1n) is 10.0. The van der Waals surface area contributed by atoms with Crippen LogP contribution in [0, 0.1) is 17.2 Å². The smallest absolute Gasteiger partial charge is 0.242 e. The average Bonchev–Trinajstić information content (AvgIpc) is 3.10. The van der Waals surface area contributed by atoms with Crippen LogP contribution < -0.4 is 10.6 Å². The second-order valence-corrected chi connectivity index (χ2v) is 7.91. The van der Waals surface area contributed by atoms with Crippen molar-refractivity contribution in [3.63, 3.8) is 0 Å². The van der Waals surface area contributed by atoms with Gasteiger partial charge in [-0.3, -0.25) is 9.59 Å². The molecule has 2 aromatic rings. The Morgan fingerprint density at radius 1 is 1.14 bits per heavy atom. The Labute approximate surface area is 171 Å². The van der Waals surface area contributed by atoms with Crippen LogP contribution in [0.15, 0.2) is 29.6 Å². The molecule has 2 N–H and O–H groups in total. The predicted molar refractivity (Wildman–Crippen MR) is 114 cm³/mol. The van der Waals surface area contributed by atoms with Crippen molar-refractivity contribution in [2.24, 2.45) is 5.92 Å². The summed E-state index contributed by atoms with van der Waals surface area (Å²) >= 11 is 1.64. The summed E-state index contributed by atoms with van der Waals surface area (Å²) < 4.78 is 1.17. The molecule has 0 aliphatic carbocycles. The van der Waals surface area contributed by atoms with Crippen molar-refractivity contribution in [3.05, 3.63) is 35.2 Å². The molecule has 5 nitrogen and oxygen atoms in total. The Morgan fingerprint density at radius 3 is 2.54 bits per heavy atom. The van der Waals surface area contributed by atoms with E-state index in [1.807, 2.05) is 24.3 Å². The van der Waals surface area contributed by atoms with E-state index >= 15 is 0 Å². The lowest BCUT2D eigenvalue weighted by molar-refractivity contribution is -0.131. The molecule has 6 heteroatoms. The van der Waals surface area contributed by atoms with Crippen LogP contribution >= 0.6 is 11.3 Å². The number of rotatable bonds is 11. The summed E-state index contributed by atoms with van der Waals surface area (Å²) in [4.78, 5) is 25.5. The Balaban J connectivity index is 2.17. The minimum Gasteiger partial charge on any atom is -0.353 e. The van der Waals surface area contributed by atoms with Gasteiger partial charge < -0.3 is 10.6 Å². The monoisotopic (exact) mass is 399 g/mol. The molecule has 2 rings (SSSR count). The number of nitriles is 1. The van der Waals surface area contributed by atoms with Crippen LogP contribution in [0.2, 0.25) is 0 Å². The normalized spacial score (nSPS) is 11.9. The molecular formula is C22H29N3O2S. The highest BCUT2D eigenvalue weighted by Crippen LogP contribution is 2.26. The van der Waals surface area contributed by atoms with Crippen molar-refractivity contribution in [2.75, 3.05) is 6.54 Å². The van der Waals surface area contributed by atoms with Crippen molar-refractivity contribution in [1.82, 2.24) is 10.6 Å². The van der Waals surface area contributed by atoms with Crippen LogP contribution in [0.4, 0.5) is 0 Å². The molecule has 1 aromatic carbocycles. The van der Waals surface area contributed by atoms with E-state index in [4.69, 9.17) is 5.26 Å². The van der Waals surface area contributed by atoms with Gasteiger partial charge in [0.05, 0.1) is 12.5 Å². The second-order valence-electron chi connectivity index (χ2n) is 7.00. The maximum atomic E-state index is 12.8. The Bertz CT molecular complexity index is 819. The Hall–Kier alpha value is -2.39. The summed E-state index contributed by atoms with van der Waals surface area (Å²) in [7, 11) is 0. The number of amides is 2. The first-order chi connectivity index (χ1) is 13.6. The van der Waals surface area contributed by atoms with Gasteiger partial charge in [-0.2, -0.15) is 5.26 Å². The summed E-state index contributed by atoms with van der Waals surface area (Å²) in [6.07, 6.45) is 4.22. The average molecular weight is 400 g/mol. The van der Waals surface area contributed by atoms with E-state index < -0.39 is 6.04 Å². The van der Waals surface area contributed by atoms with E-state index in [1.165, 1.54) is 4.70 Å². The predicted octanol–water partition coefficient (Wildman–Crippen LogP) is 4.17. The van der Waals surface area contributed by atoms with Crippen LogP contribution in [0.5, 0.6) is 0 Å². The lowest BCUT2D eigenvalue weighted by Crippen LogP contribution is -2.49. The van der Waals surface area contributed by atoms with Crippen LogP contribution in [0.3, 0.4) is 0 Å². The molecule has 1 unspecified atom stereocenters. The zero-order valence-corrected chi connectivity index (χ0v) is 17.5. The molecule has 0 aliphatic heterocycles. The third kappa shape index (κ3) is 6.07. The van der Waals surface area contributed by atoms with Crippen molar-refractivity contribution in [2.45, 2.75) is 58.4 Å². The van der Waals surface area contributed by atoms with Crippen molar-refractivity contribution in [1.29, 1.82) is 5.26 Å². The van der Waals surface area contributed by atoms with Gasteiger partial charge >= 0.3 is 0 Å². The number of hydrogen-bond acceptors (Lipinski definition) is 4. The van der Waals surface area contributed by atoms with Crippen molar-refractivity contribution >= 4 is 33.2 Å². The molecule has 0 saturated heterocycles. The molecule has 0 fully saturated rings. The lowest BCUT2D eigenvalue weighted by Gasteiger charge is -2.22. The molecule has 1 aromatic heterocycles. The van der Waals surface area contributed by atoms with E-state index in [9.17, 15) is 9.59 Å². The Morgan fingerprint density at radius 2 is 1.86 bits per heavy atom. The molecule has 0 radical (unpaired) electrons. The summed E-state index contributed by atoms with van der Waals surface area (Å²) in [6, 6.07) is 9.47. The molecular weight excluding hydrogens is 370 g/mol. The first-order valence-corrected chi connectivity index (χ1v) is 10.9. The van der Waals surface area contributed by atoms with Crippen molar-refractivity contribution in [3.8, 4) is 6.07 Å². The minimum atomic E-state index is -0.639. The molecule has 1 heterocycles. The van der Waals surface area contributed by atoms with Gasteiger partial charge in [0, 0.05) is 23.6 Å². The van der Waals surface area contributed by atoms with Gasteiger partial charge in [0.1, 0.15) is 6.04 Å². The summed E-state index contributed by atoms with van der Waals surface area (Å²) in [5.41, 5.74) is 1.06. The number of nitrogens with one attached hydrogen (secondary N) is 2. The van der Waals surface area contributed by atoms with Gasteiger partial charge in [-0.05, 0) is 35.2 Å². The zero-order valence-electron chi connectivity index (χ0n) is 16.7. The van der Waals surface area contributed by atoms with Gasteiger partial charge in [-0.1, -0.05) is 44.9 Å².